The number of amides is 1. The fraction of sp³-hybridized carbons (Fsp3) is 0.167. The number of aromatic carboxylic acids is 1. The van der Waals surface area contributed by atoms with Gasteiger partial charge in [0.15, 0.2) is 11.9 Å². The predicted octanol–water partition coefficient (Wildman–Crippen LogP) is 6.34. The molecule has 7 nitrogen and oxygen atoms in total. The van der Waals surface area contributed by atoms with E-state index in [9.17, 15) is 19.3 Å². The van der Waals surface area contributed by atoms with E-state index < -0.39 is 19.7 Å². The van der Waals surface area contributed by atoms with Crippen LogP contribution < -0.4 is 10.1 Å². The van der Waals surface area contributed by atoms with Crippen molar-refractivity contribution in [2.45, 2.75) is 12.6 Å². The predicted molar refractivity (Wildman–Crippen MR) is 137 cm³/mol. The number of aromatic hydroxyl groups is 1. The second kappa shape index (κ2) is 11.6. The van der Waals surface area contributed by atoms with Crippen LogP contribution in [-0.2, 0) is 17.1 Å². The minimum atomic E-state index is -1.33. The molecule has 0 heterocycles. The molecule has 3 rings (SSSR count). The van der Waals surface area contributed by atoms with Gasteiger partial charge in [-0.2, -0.15) is 0 Å². The number of benzene rings is 3. The average Bonchev–Trinajstić information content (AvgIpc) is 2.77. The zero-order chi connectivity index (χ0) is 24.8. The zero-order valence-electron chi connectivity index (χ0n) is 18.0. The second-order valence-electron chi connectivity index (χ2n) is 7.46. The van der Waals surface area contributed by atoms with Gasteiger partial charge in [0.05, 0.1) is 20.1 Å². The number of ether oxygens (including phenoxy) is 1. The molecule has 0 aliphatic rings. The van der Waals surface area contributed by atoms with Crippen LogP contribution >= 0.6 is 39.7 Å². The Kier molecular flexibility index (Phi) is 8.83. The molecule has 0 saturated carbocycles. The SMILES string of the molecule is C[P+](=O)Cc1cc(Br)c(Oc2ccc(O)c(C(=O)NCCc3ccc(C(=O)O)cc3)c2)c(Br)c1. The fourth-order valence-electron chi connectivity index (χ4n) is 3.17. The number of hydrogen-bond acceptors (Lipinski definition) is 5. The van der Waals surface area contributed by atoms with Gasteiger partial charge in [0.25, 0.3) is 5.91 Å². The quantitative estimate of drug-likeness (QED) is 0.244. The molecule has 0 radical (unpaired) electrons. The van der Waals surface area contributed by atoms with Crippen molar-refractivity contribution >= 4 is 51.5 Å². The molecular weight excluding hydrogens is 589 g/mol. The zero-order valence-corrected chi connectivity index (χ0v) is 22.1. The lowest BCUT2D eigenvalue weighted by atomic mass is 10.1. The molecule has 0 spiro atoms. The Morgan fingerprint density at radius 3 is 2.24 bits per heavy atom. The summed E-state index contributed by atoms with van der Waals surface area (Å²) in [5, 5.41) is 21.9. The van der Waals surface area contributed by atoms with Crippen molar-refractivity contribution in [1.29, 1.82) is 0 Å². The summed E-state index contributed by atoms with van der Waals surface area (Å²) in [5.41, 5.74) is 2.02. The van der Waals surface area contributed by atoms with E-state index in [2.05, 4.69) is 37.2 Å². The molecule has 0 bridgehead atoms. The number of rotatable bonds is 9. The van der Waals surface area contributed by atoms with Crippen LogP contribution in [0.15, 0.2) is 63.5 Å². The Morgan fingerprint density at radius 1 is 1.00 bits per heavy atom. The van der Waals surface area contributed by atoms with Crippen molar-refractivity contribution in [3.05, 3.63) is 85.8 Å². The highest BCUT2D eigenvalue weighted by molar-refractivity contribution is 9.11. The molecule has 0 aliphatic carbocycles. The number of carboxylic acids is 1. The first-order chi connectivity index (χ1) is 16.1. The fourth-order valence-corrected chi connectivity index (χ4v) is 5.31. The van der Waals surface area contributed by atoms with Crippen LogP contribution in [0.1, 0.15) is 31.8 Å². The molecule has 0 fully saturated rings. The maximum absolute atomic E-state index is 12.6. The molecule has 3 N–H and O–H groups in total. The smallest absolute Gasteiger partial charge is 0.340 e. The Labute approximate surface area is 214 Å². The lowest BCUT2D eigenvalue weighted by Crippen LogP contribution is -2.25. The lowest BCUT2D eigenvalue weighted by Gasteiger charge is -2.13. The number of carboxylic acid groups (broad SMARTS) is 1. The number of halogens is 2. The van der Waals surface area contributed by atoms with Gasteiger partial charge in [0.2, 0.25) is 0 Å². The van der Waals surface area contributed by atoms with E-state index >= 15 is 0 Å². The summed E-state index contributed by atoms with van der Waals surface area (Å²) in [6.45, 7) is 1.97. The van der Waals surface area contributed by atoms with Crippen molar-refractivity contribution in [2.24, 2.45) is 0 Å². The maximum atomic E-state index is 12.6. The molecule has 3 aromatic rings. The summed E-state index contributed by atoms with van der Waals surface area (Å²) in [5.74, 6) is -0.814. The van der Waals surface area contributed by atoms with Crippen LogP contribution in [0.3, 0.4) is 0 Å². The van der Waals surface area contributed by atoms with Gasteiger partial charge in [-0.3, -0.25) is 4.79 Å². The third kappa shape index (κ3) is 6.88. The summed E-state index contributed by atoms with van der Waals surface area (Å²) < 4.78 is 18.8. The highest BCUT2D eigenvalue weighted by atomic mass is 79.9. The highest BCUT2D eigenvalue weighted by Crippen LogP contribution is 2.40. The van der Waals surface area contributed by atoms with Gasteiger partial charge in [-0.15, -0.1) is 0 Å². The van der Waals surface area contributed by atoms with Crippen LogP contribution in [0.5, 0.6) is 17.2 Å². The number of phenols is 1. The first-order valence-corrected chi connectivity index (χ1v) is 13.6. The minimum Gasteiger partial charge on any atom is -0.507 e. The Balaban J connectivity index is 1.68. The monoisotopic (exact) mass is 608 g/mol. The van der Waals surface area contributed by atoms with Crippen molar-refractivity contribution in [2.75, 3.05) is 13.2 Å². The van der Waals surface area contributed by atoms with E-state index in [0.29, 0.717) is 39.6 Å². The summed E-state index contributed by atoms with van der Waals surface area (Å²) in [4.78, 5) is 23.6. The van der Waals surface area contributed by atoms with Gasteiger partial charge >= 0.3 is 13.8 Å². The Bertz CT molecular complexity index is 1220. The van der Waals surface area contributed by atoms with E-state index in [0.717, 1.165) is 11.1 Å². The van der Waals surface area contributed by atoms with Crippen molar-refractivity contribution < 1.29 is 29.1 Å². The van der Waals surface area contributed by atoms with Crippen LogP contribution in [0.2, 0.25) is 0 Å². The van der Waals surface area contributed by atoms with Gasteiger partial charge in [0, 0.05) is 12.1 Å². The normalized spacial score (nSPS) is 11.1. The molecule has 0 aliphatic heterocycles. The molecule has 3 aromatic carbocycles. The number of nitrogens with one attached hydrogen (secondary N) is 1. The molecule has 1 atom stereocenters. The Morgan fingerprint density at radius 2 is 1.65 bits per heavy atom. The maximum Gasteiger partial charge on any atom is 0.340 e. The van der Waals surface area contributed by atoms with Crippen LogP contribution in [0, 0.1) is 0 Å². The first-order valence-electron chi connectivity index (χ1n) is 10.1. The number of hydrogen-bond donors (Lipinski definition) is 3. The Hall–Kier alpha value is -2.74. The first kappa shape index (κ1) is 25.9. The van der Waals surface area contributed by atoms with Crippen LogP contribution in [0.4, 0.5) is 0 Å². The summed E-state index contributed by atoms with van der Waals surface area (Å²) in [6.07, 6.45) is 0.943. The average molecular weight is 610 g/mol. The van der Waals surface area contributed by atoms with Gasteiger partial charge in [-0.1, -0.05) is 16.7 Å². The molecule has 0 saturated heterocycles. The molecule has 1 amide bonds. The van der Waals surface area contributed by atoms with Crippen LogP contribution in [-0.4, -0.2) is 35.3 Å². The molecule has 10 heteroatoms. The topological polar surface area (TPSA) is 113 Å². The van der Waals surface area contributed by atoms with E-state index in [-0.39, 0.29) is 16.9 Å². The molecule has 176 valence electrons. The lowest BCUT2D eigenvalue weighted by molar-refractivity contribution is 0.0696. The largest absolute Gasteiger partial charge is 0.507 e. The van der Waals surface area contributed by atoms with Gasteiger partial charge < -0.3 is 20.3 Å². The third-order valence-corrected chi connectivity index (χ3v) is 6.78. The van der Waals surface area contributed by atoms with Gasteiger partial charge in [0.1, 0.15) is 18.2 Å². The molecular formula is C24H21Br2NO6P+. The van der Waals surface area contributed by atoms with E-state index in [1.54, 1.807) is 24.9 Å². The molecule has 34 heavy (non-hydrogen) atoms. The van der Waals surface area contributed by atoms with Crippen molar-refractivity contribution in [1.82, 2.24) is 5.32 Å². The number of phenolic OH excluding ortho intramolecular Hbond substituents is 1. The standard InChI is InChI=1S/C24H20Br2NO6P/c1-34(32)13-15-10-19(25)22(20(26)11-15)33-17-6-7-21(28)18(12-17)23(29)27-9-8-14-2-4-16(5-3-14)24(30)31/h2-7,10-12H,8-9,13H2,1H3,(H2-,27,28,29,30,31)/p+1. The van der Waals surface area contributed by atoms with Crippen molar-refractivity contribution in [3.63, 3.8) is 0 Å². The number of carbonyl (C=O) groups excluding carboxylic acids is 1. The number of carbonyl (C=O) groups is 2. The van der Waals surface area contributed by atoms with Gasteiger partial charge in [-0.25, -0.2) is 4.79 Å². The minimum absolute atomic E-state index is 0.0607. The van der Waals surface area contributed by atoms with E-state index in [1.165, 1.54) is 24.3 Å². The van der Waals surface area contributed by atoms with E-state index in [1.807, 2.05) is 12.1 Å². The van der Waals surface area contributed by atoms with Crippen molar-refractivity contribution in [3.8, 4) is 17.2 Å². The van der Waals surface area contributed by atoms with Crippen LogP contribution in [0.25, 0.3) is 0 Å². The summed E-state index contributed by atoms with van der Waals surface area (Å²) in [7, 11) is -1.33. The van der Waals surface area contributed by atoms with Gasteiger partial charge in [-0.05, 0) is 86.3 Å². The summed E-state index contributed by atoms with van der Waals surface area (Å²) >= 11 is 6.93. The molecule has 1 unspecified atom stereocenters. The third-order valence-electron chi connectivity index (χ3n) is 4.80. The molecule has 0 aromatic heterocycles. The van der Waals surface area contributed by atoms with E-state index in [4.69, 9.17) is 9.84 Å². The highest BCUT2D eigenvalue weighted by Gasteiger charge is 2.17. The summed E-state index contributed by atoms with van der Waals surface area (Å²) in [6, 6.07) is 14.4. The second-order valence-corrected chi connectivity index (χ2v) is 10.7.